The number of rotatable bonds is 2. The minimum atomic E-state index is -1.22. The van der Waals surface area contributed by atoms with Crippen LogP contribution in [0.25, 0.3) is 10.3 Å². The molecule has 0 saturated heterocycles. The number of pyridine rings is 1. The van der Waals surface area contributed by atoms with Gasteiger partial charge < -0.3 is 9.67 Å². The molecule has 2 heterocycles. The van der Waals surface area contributed by atoms with Crippen LogP contribution in [0.3, 0.4) is 0 Å². The number of thiazole rings is 1. The molecule has 0 radical (unpaired) electrons. The van der Waals surface area contributed by atoms with Crippen LogP contribution in [0.1, 0.15) is 10.4 Å². The fourth-order valence-electron chi connectivity index (χ4n) is 1.36. The van der Waals surface area contributed by atoms with E-state index < -0.39 is 11.4 Å². The van der Waals surface area contributed by atoms with Gasteiger partial charge in [0.2, 0.25) is 5.43 Å². The van der Waals surface area contributed by atoms with Gasteiger partial charge in [-0.15, -0.1) is 0 Å². The summed E-state index contributed by atoms with van der Waals surface area (Å²) in [5.41, 5.74) is -0.526. The van der Waals surface area contributed by atoms with Crippen LogP contribution < -0.4 is 5.43 Å². The van der Waals surface area contributed by atoms with Gasteiger partial charge >= 0.3 is 5.97 Å². The van der Waals surface area contributed by atoms with Gasteiger partial charge in [0.1, 0.15) is 15.9 Å². The van der Waals surface area contributed by atoms with Crippen LogP contribution in [0.5, 0.6) is 0 Å². The van der Waals surface area contributed by atoms with Gasteiger partial charge in [-0.1, -0.05) is 23.1 Å². The van der Waals surface area contributed by atoms with Gasteiger partial charge in [-0.3, -0.25) is 4.79 Å². The van der Waals surface area contributed by atoms with Crippen molar-refractivity contribution < 1.29 is 9.90 Å². The number of fused-ring (bicyclic) bond motifs is 1. The Balaban J connectivity index is 2.88. The van der Waals surface area contributed by atoms with Crippen LogP contribution in [0.2, 0.25) is 0 Å². The average Bonchev–Trinajstić information content (AvgIpc) is 2.67. The van der Waals surface area contributed by atoms with Crippen LogP contribution in [0, 0.1) is 0 Å². The third-order valence-corrected chi connectivity index (χ3v) is 4.23. The molecule has 0 bridgehead atoms. The van der Waals surface area contributed by atoms with Crippen LogP contribution in [0.4, 0.5) is 0 Å². The first-order valence-electron chi connectivity index (χ1n) is 4.32. The topological polar surface area (TPSA) is 72.2 Å². The molecular weight excluding hydrogens is 248 g/mol. The highest BCUT2D eigenvalue weighted by molar-refractivity contribution is 8.00. The maximum Gasteiger partial charge on any atom is 0.341 e. The van der Waals surface area contributed by atoms with Gasteiger partial charge in [0.05, 0.1) is 0 Å². The average molecular weight is 256 g/mol. The fourth-order valence-corrected chi connectivity index (χ4v) is 2.84. The lowest BCUT2D eigenvalue weighted by molar-refractivity contribution is 0.0695. The van der Waals surface area contributed by atoms with E-state index in [0.29, 0.717) is 4.83 Å². The van der Waals surface area contributed by atoms with E-state index in [1.54, 1.807) is 11.6 Å². The van der Waals surface area contributed by atoms with Crippen molar-refractivity contribution in [2.75, 3.05) is 6.26 Å². The van der Waals surface area contributed by atoms with Crippen molar-refractivity contribution in [3.8, 4) is 0 Å². The van der Waals surface area contributed by atoms with Gasteiger partial charge in [0.25, 0.3) is 0 Å². The van der Waals surface area contributed by atoms with Crippen molar-refractivity contribution in [2.45, 2.75) is 4.34 Å². The number of hydrogen-bond acceptors (Lipinski definition) is 5. The monoisotopic (exact) mass is 256 g/mol. The lowest BCUT2D eigenvalue weighted by Crippen LogP contribution is -2.17. The molecule has 0 spiro atoms. The minimum absolute atomic E-state index is 0.233. The van der Waals surface area contributed by atoms with E-state index >= 15 is 0 Å². The van der Waals surface area contributed by atoms with Crippen LogP contribution >= 0.6 is 23.1 Å². The summed E-state index contributed by atoms with van der Waals surface area (Å²) in [6, 6.07) is 0. The quantitative estimate of drug-likeness (QED) is 0.823. The number of carbonyl (C=O) groups is 1. The number of aromatic carboxylic acids is 1. The number of aromatic nitrogens is 2. The summed E-state index contributed by atoms with van der Waals surface area (Å²) in [5, 5.41) is 8.87. The standard InChI is InChI=1S/C9H8N2O3S2/c1-11-3-4(8(13)14)6(12)5-7(11)16-9(10-5)15-2/h3H,1-2H3,(H,13,14). The summed E-state index contributed by atoms with van der Waals surface area (Å²) < 4.78 is 2.38. The molecule has 0 aliphatic heterocycles. The number of aryl methyl sites for hydroxylation is 1. The Labute approximate surface area is 98.7 Å². The Morgan fingerprint density at radius 2 is 2.31 bits per heavy atom. The molecule has 2 aromatic heterocycles. The Morgan fingerprint density at radius 1 is 1.62 bits per heavy atom. The Morgan fingerprint density at radius 3 is 2.88 bits per heavy atom. The van der Waals surface area contributed by atoms with Crippen molar-refractivity contribution in [3.63, 3.8) is 0 Å². The molecule has 0 fully saturated rings. The van der Waals surface area contributed by atoms with Crippen LogP contribution in [0.15, 0.2) is 15.3 Å². The third kappa shape index (κ3) is 1.61. The molecule has 84 valence electrons. The van der Waals surface area contributed by atoms with Gasteiger partial charge in [0.15, 0.2) is 4.34 Å². The summed E-state index contributed by atoms with van der Waals surface area (Å²) in [6.45, 7) is 0. The molecule has 0 amide bonds. The van der Waals surface area contributed by atoms with Crippen molar-refractivity contribution in [3.05, 3.63) is 22.0 Å². The van der Waals surface area contributed by atoms with E-state index in [9.17, 15) is 9.59 Å². The number of carboxylic acids is 1. The van der Waals surface area contributed by atoms with E-state index in [0.717, 1.165) is 4.34 Å². The lowest BCUT2D eigenvalue weighted by atomic mass is 10.2. The van der Waals surface area contributed by atoms with Crippen LogP contribution in [-0.4, -0.2) is 26.9 Å². The molecular formula is C9H8N2O3S2. The molecule has 16 heavy (non-hydrogen) atoms. The second-order valence-electron chi connectivity index (χ2n) is 3.13. The summed E-state index contributed by atoms with van der Waals surface area (Å²) in [7, 11) is 1.70. The number of thioether (sulfide) groups is 1. The molecule has 2 aromatic rings. The summed E-state index contributed by atoms with van der Waals surface area (Å²) in [5.74, 6) is -1.22. The SMILES string of the molecule is CSc1nc2c(=O)c(C(=O)O)cn(C)c2s1. The largest absolute Gasteiger partial charge is 0.477 e. The highest BCUT2D eigenvalue weighted by Crippen LogP contribution is 2.26. The molecule has 7 heteroatoms. The van der Waals surface area contributed by atoms with Gasteiger partial charge in [0, 0.05) is 13.2 Å². The summed E-state index contributed by atoms with van der Waals surface area (Å²) in [6.07, 6.45) is 3.19. The summed E-state index contributed by atoms with van der Waals surface area (Å²) >= 11 is 2.81. The Hall–Kier alpha value is -1.34. The molecule has 2 rings (SSSR count). The molecule has 0 atom stereocenters. The molecule has 0 aromatic carbocycles. The maximum atomic E-state index is 11.8. The van der Waals surface area contributed by atoms with Crippen molar-refractivity contribution in [1.82, 2.24) is 9.55 Å². The molecule has 0 aliphatic rings. The van der Waals surface area contributed by atoms with Crippen molar-refractivity contribution >= 4 is 39.4 Å². The zero-order chi connectivity index (χ0) is 11.9. The first-order valence-corrected chi connectivity index (χ1v) is 6.36. The zero-order valence-electron chi connectivity index (χ0n) is 8.55. The normalized spacial score (nSPS) is 10.9. The molecule has 0 saturated carbocycles. The highest BCUT2D eigenvalue weighted by Gasteiger charge is 2.16. The fraction of sp³-hybridized carbons (Fsp3) is 0.222. The maximum absolute atomic E-state index is 11.8. The number of carboxylic acid groups (broad SMARTS) is 1. The Bertz CT molecular complexity index is 629. The van der Waals surface area contributed by atoms with Gasteiger partial charge in [-0.25, -0.2) is 9.78 Å². The second kappa shape index (κ2) is 3.91. The lowest BCUT2D eigenvalue weighted by Gasteiger charge is -2.00. The van der Waals surface area contributed by atoms with E-state index in [4.69, 9.17) is 5.11 Å². The predicted octanol–water partition coefficient (Wildman–Crippen LogP) is 1.42. The zero-order valence-corrected chi connectivity index (χ0v) is 10.2. The summed E-state index contributed by atoms with van der Waals surface area (Å²) in [4.78, 5) is 27.5. The third-order valence-electron chi connectivity index (χ3n) is 2.10. The minimum Gasteiger partial charge on any atom is -0.477 e. The van der Waals surface area contributed by atoms with Gasteiger partial charge in [-0.2, -0.15) is 0 Å². The van der Waals surface area contributed by atoms with E-state index in [1.807, 2.05) is 6.26 Å². The Kier molecular flexibility index (Phi) is 2.73. The molecule has 0 unspecified atom stereocenters. The van der Waals surface area contributed by atoms with Gasteiger partial charge in [-0.05, 0) is 6.26 Å². The predicted molar refractivity (Wildman–Crippen MR) is 63.6 cm³/mol. The molecule has 1 N–H and O–H groups in total. The molecule has 0 aliphatic carbocycles. The van der Waals surface area contributed by atoms with Crippen molar-refractivity contribution in [2.24, 2.45) is 7.05 Å². The molecule has 5 nitrogen and oxygen atoms in total. The van der Waals surface area contributed by atoms with Crippen molar-refractivity contribution in [1.29, 1.82) is 0 Å². The smallest absolute Gasteiger partial charge is 0.341 e. The number of nitrogens with zero attached hydrogens (tertiary/aromatic N) is 2. The van der Waals surface area contributed by atoms with E-state index in [1.165, 1.54) is 29.3 Å². The van der Waals surface area contributed by atoms with Crippen LogP contribution in [-0.2, 0) is 7.05 Å². The highest BCUT2D eigenvalue weighted by atomic mass is 32.2. The number of hydrogen-bond donors (Lipinski definition) is 1. The first kappa shape index (κ1) is 11.2. The van der Waals surface area contributed by atoms with E-state index in [-0.39, 0.29) is 11.1 Å². The first-order chi connectivity index (χ1) is 7.54. The van der Waals surface area contributed by atoms with E-state index in [2.05, 4.69) is 4.98 Å². The second-order valence-corrected chi connectivity index (χ2v) is 5.16.